The number of carbonyl (C=O) groups excluding carboxylic acids is 2. The number of nitrogens with zero attached hydrogens (tertiary/aromatic N) is 2. The van der Waals surface area contributed by atoms with Crippen LogP contribution in [0.2, 0.25) is 0 Å². The number of aromatic nitrogens is 1. The second kappa shape index (κ2) is 11.8. The van der Waals surface area contributed by atoms with E-state index in [1.165, 1.54) is 29.3 Å². The molecule has 12 heteroatoms. The minimum absolute atomic E-state index is 0.0650. The van der Waals surface area contributed by atoms with E-state index in [9.17, 15) is 22.8 Å². The van der Waals surface area contributed by atoms with Crippen molar-refractivity contribution >= 4 is 23.4 Å². The van der Waals surface area contributed by atoms with Crippen molar-refractivity contribution in [2.75, 3.05) is 17.7 Å². The number of rotatable bonds is 9. The summed E-state index contributed by atoms with van der Waals surface area (Å²) in [5.74, 6) is -6.04. The molecule has 0 aliphatic carbocycles. The van der Waals surface area contributed by atoms with Gasteiger partial charge in [-0.1, -0.05) is 24.8 Å². The number of anilines is 2. The van der Waals surface area contributed by atoms with E-state index in [0.29, 0.717) is 11.3 Å². The Hall–Kier alpha value is -5.39. The molecule has 0 saturated carbocycles. The minimum Gasteiger partial charge on any atom is -0.497 e. The highest BCUT2D eigenvalue weighted by molar-refractivity contribution is 6.04. The first-order chi connectivity index (χ1) is 20.6. The van der Waals surface area contributed by atoms with Gasteiger partial charge in [0.2, 0.25) is 0 Å². The summed E-state index contributed by atoms with van der Waals surface area (Å²) in [6, 6.07) is 14.9. The maximum Gasteiger partial charge on any atom is 0.323 e. The van der Waals surface area contributed by atoms with E-state index in [0.717, 1.165) is 29.8 Å². The van der Waals surface area contributed by atoms with Crippen LogP contribution in [-0.4, -0.2) is 28.9 Å². The van der Waals surface area contributed by atoms with Crippen molar-refractivity contribution in [2.24, 2.45) is 0 Å². The Morgan fingerprint density at radius 2 is 1.88 bits per heavy atom. The lowest BCUT2D eigenvalue weighted by Gasteiger charge is -2.29. The molecular weight excluding hydrogens is 568 g/mol. The molecule has 1 aromatic heterocycles. The van der Waals surface area contributed by atoms with Crippen LogP contribution in [0.15, 0.2) is 85.6 Å². The van der Waals surface area contributed by atoms with Gasteiger partial charge >= 0.3 is 6.03 Å². The predicted molar refractivity (Wildman–Crippen MR) is 150 cm³/mol. The molecular formula is C31H24F4N4O4. The number of alkyl halides is 2. The van der Waals surface area contributed by atoms with E-state index in [1.807, 2.05) is 12.1 Å². The minimum atomic E-state index is -3.69. The molecule has 43 heavy (non-hydrogen) atoms. The van der Waals surface area contributed by atoms with Crippen LogP contribution in [0.1, 0.15) is 27.0 Å². The number of hydrogen-bond donors (Lipinski definition) is 2. The fourth-order valence-corrected chi connectivity index (χ4v) is 4.41. The van der Waals surface area contributed by atoms with Gasteiger partial charge in [-0.2, -0.15) is 8.78 Å². The number of urea groups is 1. The number of halogens is 4. The highest BCUT2D eigenvalue weighted by Gasteiger charge is 2.33. The van der Waals surface area contributed by atoms with Crippen molar-refractivity contribution in [3.8, 4) is 17.2 Å². The van der Waals surface area contributed by atoms with E-state index in [1.54, 1.807) is 19.2 Å². The van der Waals surface area contributed by atoms with Crippen LogP contribution in [0.5, 0.6) is 17.2 Å². The Kier molecular flexibility index (Phi) is 8.02. The van der Waals surface area contributed by atoms with E-state index in [2.05, 4.69) is 22.2 Å². The van der Waals surface area contributed by atoms with Crippen molar-refractivity contribution < 1.29 is 36.6 Å². The van der Waals surface area contributed by atoms with Crippen molar-refractivity contribution in [1.82, 2.24) is 9.88 Å². The Bertz CT molecular complexity index is 1710. The van der Waals surface area contributed by atoms with Crippen molar-refractivity contribution in [1.29, 1.82) is 0 Å². The topological polar surface area (TPSA) is 92.8 Å². The molecule has 8 nitrogen and oxygen atoms in total. The second-order valence-corrected chi connectivity index (χ2v) is 9.47. The molecule has 0 spiro atoms. The summed E-state index contributed by atoms with van der Waals surface area (Å²) in [5, 5.41) is 5.01. The number of amides is 3. The van der Waals surface area contributed by atoms with Gasteiger partial charge in [0, 0.05) is 24.5 Å². The number of hydrogen-bond acceptors (Lipinski definition) is 5. The largest absolute Gasteiger partial charge is 0.497 e. The van der Waals surface area contributed by atoms with E-state index >= 15 is 4.39 Å². The van der Waals surface area contributed by atoms with Crippen LogP contribution in [0.25, 0.3) is 0 Å². The number of ether oxygens (including phenoxy) is 2. The quantitative estimate of drug-likeness (QED) is 0.158. The molecule has 0 bridgehead atoms. The van der Waals surface area contributed by atoms with Crippen LogP contribution in [0.4, 0.5) is 33.9 Å². The van der Waals surface area contributed by atoms with Gasteiger partial charge in [0.25, 0.3) is 11.8 Å². The molecule has 0 unspecified atom stereocenters. The van der Waals surface area contributed by atoms with Gasteiger partial charge < -0.3 is 19.7 Å². The Morgan fingerprint density at radius 3 is 2.58 bits per heavy atom. The van der Waals surface area contributed by atoms with Gasteiger partial charge in [-0.15, -0.1) is 0 Å². The van der Waals surface area contributed by atoms with Crippen LogP contribution in [0.3, 0.4) is 0 Å². The molecule has 0 fully saturated rings. The Labute approximate surface area is 243 Å². The lowest BCUT2D eigenvalue weighted by molar-refractivity contribution is 0.0483. The summed E-state index contributed by atoms with van der Waals surface area (Å²) in [4.78, 5) is 31.1. The summed E-state index contributed by atoms with van der Waals surface area (Å²) in [6.45, 7) is 3.40. The standard InChI is InChI=1S/C31H24F4N4O4/c1-3-31(34,35)23-6-4-5-21(27(23)33)29(40)37-19-9-12-26(24(32)15-19)43-25-13-14-36-28-22(25)17-39(30(41)38-28)16-18-7-10-20(42-2)11-8-18/h3-15H,1,16-17H2,2H3,(H,37,40)(H,36,38,41). The summed E-state index contributed by atoms with van der Waals surface area (Å²) in [7, 11) is 1.56. The molecule has 2 N–H and O–H groups in total. The average Bonchev–Trinajstić information content (AvgIpc) is 2.99. The van der Waals surface area contributed by atoms with Gasteiger partial charge in [-0.05, 0) is 54.1 Å². The van der Waals surface area contributed by atoms with Gasteiger partial charge in [-0.3, -0.25) is 10.1 Å². The second-order valence-electron chi connectivity index (χ2n) is 9.47. The maximum atomic E-state index is 15.1. The third kappa shape index (κ3) is 6.13. The van der Waals surface area contributed by atoms with Crippen molar-refractivity contribution in [3.63, 3.8) is 0 Å². The van der Waals surface area contributed by atoms with Crippen LogP contribution in [0, 0.1) is 11.6 Å². The van der Waals surface area contributed by atoms with Crippen molar-refractivity contribution in [3.05, 3.63) is 119 Å². The average molecular weight is 593 g/mol. The number of nitrogens with one attached hydrogen (secondary N) is 2. The number of carbonyl (C=O) groups is 2. The molecule has 0 atom stereocenters. The van der Waals surface area contributed by atoms with Crippen LogP contribution >= 0.6 is 0 Å². The first-order valence-electron chi connectivity index (χ1n) is 12.9. The highest BCUT2D eigenvalue weighted by atomic mass is 19.3. The monoisotopic (exact) mass is 592 g/mol. The zero-order valence-corrected chi connectivity index (χ0v) is 22.7. The third-order valence-corrected chi connectivity index (χ3v) is 6.68. The molecule has 1 aliphatic rings. The number of benzene rings is 3. The van der Waals surface area contributed by atoms with Gasteiger partial charge in [0.05, 0.1) is 30.3 Å². The first-order valence-corrected chi connectivity index (χ1v) is 12.9. The third-order valence-electron chi connectivity index (χ3n) is 6.68. The summed E-state index contributed by atoms with van der Waals surface area (Å²) in [6.07, 6.45) is 1.67. The smallest absolute Gasteiger partial charge is 0.323 e. The fraction of sp³-hybridized carbons (Fsp3) is 0.129. The number of allylic oxidation sites excluding steroid dienone is 1. The highest BCUT2D eigenvalue weighted by Crippen LogP contribution is 2.36. The SMILES string of the molecule is C=CC(F)(F)c1cccc(C(=O)Nc2ccc(Oc3ccnc4c3CN(Cc3ccc(OC)cc3)C(=O)N4)c(F)c2)c1F. The molecule has 0 saturated heterocycles. The lowest BCUT2D eigenvalue weighted by atomic mass is 10.0. The van der Waals surface area contributed by atoms with E-state index in [-0.39, 0.29) is 48.2 Å². The molecule has 2 heterocycles. The Balaban J connectivity index is 1.32. The molecule has 4 aromatic rings. The molecule has 0 radical (unpaired) electrons. The van der Waals surface area contributed by atoms with Gasteiger partial charge in [-0.25, -0.2) is 18.6 Å². The molecule has 3 amide bonds. The summed E-state index contributed by atoms with van der Waals surface area (Å²) >= 11 is 0. The number of methoxy groups -OCH3 is 1. The summed E-state index contributed by atoms with van der Waals surface area (Å²) in [5.41, 5.74) is -0.353. The first kappa shape index (κ1) is 29.1. The normalized spacial score (nSPS) is 12.7. The maximum absolute atomic E-state index is 15.1. The van der Waals surface area contributed by atoms with E-state index < -0.39 is 34.6 Å². The number of pyridine rings is 1. The molecule has 220 valence electrons. The van der Waals surface area contributed by atoms with Crippen LogP contribution in [-0.2, 0) is 19.0 Å². The summed E-state index contributed by atoms with van der Waals surface area (Å²) < 4.78 is 68.8. The molecule has 3 aromatic carbocycles. The molecule has 5 rings (SSSR count). The number of fused-ring (bicyclic) bond motifs is 1. The lowest BCUT2D eigenvalue weighted by Crippen LogP contribution is -2.38. The van der Waals surface area contributed by atoms with Gasteiger partial charge in [0.1, 0.15) is 23.1 Å². The predicted octanol–water partition coefficient (Wildman–Crippen LogP) is 7.24. The zero-order valence-electron chi connectivity index (χ0n) is 22.7. The Morgan fingerprint density at radius 1 is 1.12 bits per heavy atom. The zero-order chi connectivity index (χ0) is 30.7. The van der Waals surface area contributed by atoms with Crippen LogP contribution < -0.4 is 20.1 Å². The van der Waals surface area contributed by atoms with Crippen molar-refractivity contribution in [2.45, 2.75) is 19.0 Å². The van der Waals surface area contributed by atoms with Gasteiger partial charge in [0.15, 0.2) is 11.6 Å². The molecule has 1 aliphatic heterocycles. The van der Waals surface area contributed by atoms with E-state index in [4.69, 9.17) is 9.47 Å². The fourth-order valence-electron chi connectivity index (χ4n) is 4.41.